The standard InChI is InChI=1S/C17H16O5/c18-16(19)9-13-7-6-12(8-14(13)10-17(20)21)11-22-15-4-2-1-3-5-15/h1-8H,9-11H2,(H,18,19)(H,20,21). The molecule has 114 valence electrons. The van der Waals surface area contributed by atoms with Crippen LogP contribution < -0.4 is 4.74 Å². The van der Waals surface area contributed by atoms with Crippen molar-refractivity contribution in [2.45, 2.75) is 19.4 Å². The van der Waals surface area contributed by atoms with Crippen molar-refractivity contribution in [3.8, 4) is 5.75 Å². The Morgan fingerprint density at radius 3 is 2.14 bits per heavy atom. The van der Waals surface area contributed by atoms with E-state index in [0.717, 1.165) is 11.3 Å². The summed E-state index contributed by atoms with van der Waals surface area (Å²) in [5, 5.41) is 17.8. The molecule has 0 bridgehead atoms. The van der Waals surface area contributed by atoms with E-state index in [0.29, 0.717) is 17.7 Å². The summed E-state index contributed by atoms with van der Waals surface area (Å²) >= 11 is 0. The minimum atomic E-state index is -0.993. The van der Waals surface area contributed by atoms with Gasteiger partial charge in [0.2, 0.25) is 0 Å². The van der Waals surface area contributed by atoms with E-state index >= 15 is 0 Å². The number of ether oxygens (including phenoxy) is 1. The molecule has 0 aliphatic carbocycles. The maximum Gasteiger partial charge on any atom is 0.307 e. The molecule has 0 heterocycles. The zero-order valence-electron chi connectivity index (χ0n) is 11.9. The molecule has 0 aliphatic rings. The van der Waals surface area contributed by atoms with E-state index < -0.39 is 11.9 Å². The van der Waals surface area contributed by atoms with Crippen LogP contribution in [-0.2, 0) is 29.0 Å². The van der Waals surface area contributed by atoms with E-state index in [2.05, 4.69) is 0 Å². The predicted octanol–water partition coefficient (Wildman–Crippen LogP) is 2.52. The number of rotatable bonds is 7. The first-order chi connectivity index (χ1) is 10.5. The summed E-state index contributed by atoms with van der Waals surface area (Å²) in [6.07, 6.45) is -0.399. The van der Waals surface area contributed by atoms with Crippen molar-refractivity contribution in [3.05, 3.63) is 65.2 Å². The molecule has 2 aromatic rings. The summed E-state index contributed by atoms with van der Waals surface area (Å²) in [5.74, 6) is -1.26. The van der Waals surface area contributed by atoms with Gasteiger partial charge >= 0.3 is 11.9 Å². The van der Waals surface area contributed by atoms with Gasteiger partial charge in [0.1, 0.15) is 12.4 Å². The second-order valence-electron chi connectivity index (χ2n) is 4.85. The maximum atomic E-state index is 10.9. The number of hydrogen-bond donors (Lipinski definition) is 2. The minimum absolute atomic E-state index is 0.192. The molecule has 5 nitrogen and oxygen atoms in total. The molecule has 0 aromatic heterocycles. The molecular weight excluding hydrogens is 284 g/mol. The van der Waals surface area contributed by atoms with Gasteiger partial charge in [-0.25, -0.2) is 0 Å². The van der Waals surface area contributed by atoms with Gasteiger partial charge < -0.3 is 14.9 Å². The lowest BCUT2D eigenvalue weighted by Gasteiger charge is -2.10. The van der Waals surface area contributed by atoms with Crippen LogP contribution in [0.4, 0.5) is 0 Å². The first kappa shape index (κ1) is 15.6. The van der Waals surface area contributed by atoms with Crippen LogP contribution in [0.3, 0.4) is 0 Å². The first-order valence-corrected chi connectivity index (χ1v) is 6.76. The number of aliphatic carboxylic acids is 2. The molecule has 2 rings (SSSR count). The van der Waals surface area contributed by atoms with E-state index in [1.54, 1.807) is 18.2 Å². The van der Waals surface area contributed by atoms with E-state index in [1.807, 2.05) is 30.3 Å². The van der Waals surface area contributed by atoms with Gasteiger partial charge in [0.25, 0.3) is 0 Å². The van der Waals surface area contributed by atoms with Crippen molar-refractivity contribution in [2.24, 2.45) is 0 Å². The van der Waals surface area contributed by atoms with E-state index in [4.69, 9.17) is 14.9 Å². The lowest BCUT2D eigenvalue weighted by atomic mass is 9.99. The predicted molar refractivity (Wildman–Crippen MR) is 79.9 cm³/mol. The fourth-order valence-corrected chi connectivity index (χ4v) is 2.12. The van der Waals surface area contributed by atoms with Gasteiger partial charge in [-0.15, -0.1) is 0 Å². The molecule has 0 saturated carbocycles. The minimum Gasteiger partial charge on any atom is -0.489 e. The summed E-state index contributed by atoms with van der Waals surface area (Å²) in [6.45, 7) is 0.296. The molecular formula is C17H16O5. The Balaban J connectivity index is 2.14. The van der Waals surface area contributed by atoms with Gasteiger partial charge in [0, 0.05) is 0 Å². The molecule has 0 radical (unpaired) electrons. The highest BCUT2D eigenvalue weighted by atomic mass is 16.5. The van der Waals surface area contributed by atoms with Crippen molar-refractivity contribution < 1.29 is 24.5 Å². The van der Waals surface area contributed by atoms with Gasteiger partial charge in [-0.1, -0.05) is 36.4 Å². The van der Waals surface area contributed by atoms with Crippen LogP contribution in [0.25, 0.3) is 0 Å². The second-order valence-corrected chi connectivity index (χ2v) is 4.85. The first-order valence-electron chi connectivity index (χ1n) is 6.76. The largest absolute Gasteiger partial charge is 0.489 e. The highest BCUT2D eigenvalue weighted by Gasteiger charge is 2.11. The molecule has 0 amide bonds. The molecule has 0 atom stereocenters. The average Bonchev–Trinajstić information content (AvgIpc) is 2.47. The van der Waals surface area contributed by atoms with Crippen molar-refractivity contribution in [1.82, 2.24) is 0 Å². The fourth-order valence-electron chi connectivity index (χ4n) is 2.12. The highest BCUT2D eigenvalue weighted by molar-refractivity contribution is 5.74. The topological polar surface area (TPSA) is 83.8 Å². The summed E-state index contributed by atoms with van der Waals surface area (Å²) in [4.78, 5) is 21.7. The fraction of sp³-hybridized carbons (Fsp3) is 0.176. The zero-order chi connectivity index (χ0) is 15.9. The SMILES string of the molecule is O=C(O)Cc1ccc(COc2ccccc2)cc1CC(=O)O. The van der Waals surface area contributed by atoms with Crippen LogP contribution in [-0.4, -0.2) is 22.2 Å². The Morgan fingerprint density at radius 2 is 1.50 bits per heavy atom. The smallest absolute Gasteiger partial charge is 0.307 e. The van der Waals surface area contributed by atoms with E-state index in [1.165, 1.54) is 0 Å². The van der Waals surface area contributed by atoms with Gasteiger partial charge in [0.05, 0.1) is 12.8 Å². The second kappa shape index (κ2) is 7.26. The van der Waals surface area contributed by atoms with Crippen LogP contribution in [0, 0.1) is 0 Å². The maximum absolute atomic E-state index is 10.9. The third-order valence-electron chi connectivity index (χ3n) is 3.10. The van der Waals surface area contributed by atoms with Gasteiger partial charge in [-0.3, -0.25) is 9.59 Å². The Labute approximate surface area is 127 Å². The van der Waals surface area contributed by atoms with E-state index in [-0.39, 0.29) is 12.8 Å². The van der Waals surface area contributed by atoms with Crippen LogP contribution in [0.1, 0.15) is 16.7 Å². The van der Waals surface area contributed by atoms with Gasteiger partial charge in [0.15, 0.2) is 0 Å². The van der Waals surface area contributed by atoms with Crippen LogP contribution in [0.15, 0.2) is 48.5 Å². The monoisotopic (exact) mass is 300 g/mol. The molecule has 5 heteroatoms. The molecule has 0 unspecified atom stereocenters. The Morgan fingerprint density at radius 1 is 0.864 bits per heavy atom. The van der Waals surface area contributed by atoms with Crippen LogP contribution in [0.5, 0.6) is 5.75 Å². The molecule has 0 spiro atoms. The number of hydrogen-bond acceptors (Lipinski definition) is 3. The lowest BCUT2D eigenvalue weighted by molar-refractivity contribution is -0.137. The number of carboxylic acids is 2. The quantitative estimate of drug-likeness (QED) is 0.821. The summed E-state index contributed by atoms with van der Waals surface area (Å²) < 4.78 is 5.61. The number of carboxylic acid groups (broad SMARTS) is 2. The van der Waals surface area contributed by atoms with Gasteiger partial charge in [-0.2, -0.15) is 0 Å². The summed E-state index contributed by atoms with van der Waals surface area (Å²) in [6, 6.07) is 14.4. The summed E-state index contributed by atoms with van der Waals surface area (Å²) in [7, 11) is 0. The van der Waals surface area contributed by atoms with E-state index in [9.17, 15) is 9.59 Å². The Hall–Kier alpha value is -2.82. The van der Waals surface area contributed by atoms with Crippen molar-refractivity contribution in [3.63, 3.8) is 0 Å². The molecule has 22 heavy (non-hydrogen) atoms. The molecule has 0 fully saturated rings. The number of para-hydroxylation sites is 1. The third kappa shape index (κ3) is 4.63. The zero-order valence-corrected chi connectivity index (χ0v) is 11.9. The van der Waals surface area contributed by atoms with Crippen molar-refractivity contribution >= 4 is 11.9 Å². The molecule has 2 N–H and O–H groups in total. The van der Waals surface area contributed by atoms with Crippen molar-refractivity contribution in [2.75, 3.05) is 0 Å². The van der Waals surface area contributed by atoms with Gasteiger partial charge in [-0.05, 0) is 28.8 Å². The average molecular weight is 300 g/mol. The highest BCUT2D eigenvalue weighted by Crippen LogP contribution is 2.17. The van der Waals surface area contributed by atoms with Crippen LogP contribution >= 0.6 is 0 Å². The van der Waals surface area contributed by atoms with Crippen LogP contribution in [0.2, 0.25) is 0 Å². The molecule has 2 aromatic carbocycles. The summed E-state index contributed by atoms with van der Waals surface area (Å²) in [5.41, 5.74) is 1.82. The number of benzene rings is 2. The Bertz CT molecular complexity index is 664. The molecule has 0 saturated heterocycles. The van der Waals surface area contributed by atoms with Crippen molar-refractivity contribution in [1.29, 1.82) is 0 Å². The number of carbonyl (C=O) groups is 2. The normalized spacial score (nSPS) is 10.2. The lowest BCUT2D eigenvalue weighted by Crippen LogP contribution is -2.09. The Kier molecular flexibility index (Phi) is 5.14. The third-order valence-corrected chi connectivity index (χ3v) is 3.10. The molecule has 0 aliphatic heterocycles.